The molecule has 270 valence electrons. The van der Waals surface area contributed by atoms with Crippen LogP contribution in [0.1, 0.15) is 32.6 Å². The molecule has 3 saturated heterocycles. The Bertz CT molecular complexity index is 1030. The summed E-state index contributed by atoms with van der Waals surface area (Å²) in [6.07, 6.45) is -12.7. The number of carbonyl (C=O) groups is 4. The van der Waals surface area contributed by atoms with Crippen LogP contribution < -0.4 is 21.3 Å². The minimum atomic E-state index is -1.79. The molecule has 3 heterocycles. The van der Waals surface area contributed by atoms with Crippen LogP contribution >= 0.6 is 0 Å². The van der Waals surface area contributed by atoms with Crippen molar-refractivity contribution in [1.82, 2.24) is 26.2 Å². The van der Waals surface area contributed by atoms with Crippen LogP contribution in [0.4, 0.5) is 0 Å². The van der Waals surface area contributed by atoms with Gasteiger partial charge in [-0.3, -0.25) is 24.1 Å². The van der Waals surface area contributed by atoms with Crippen molar-refractivity contribution in [2.75, 3.05) is 59.5 Å². The van der Waals surface area contributed by atoms with Crippen molar-refractivity contribution in [3.8, 4) is 0 Å². The second-order valence-corrected chi connectivity index (χ2v) is 11.6. The normalized spacial score (nSPS) is 35.2. The lowest BCUT2D eigenvalue weighted by Gasteiger charge is -2.45. The summed E-state index contributed by atoms with van der Waals surface area (Å²) in [4.78, 5) is 50.7. The fourth-order valence-electron chi connectivity index (χ4n) is 5.12. The number of carbonyl (C=O) groups excluding carboxylic acids is 4. The fourth-order valence-corrected chi connectivity index (χ4v) is 5.12. The minimum Gasteiger partial charge on any atom is -0.388 e. The summed E-state index contributed by atoms with van der Waals surface area (Å²) in [5, 5.41) is 62.9. The van der Waals surface area contributed by atoms with Gasteiger partial charge in [-0.2, -0.15) is 0 Å². The van der Waals surface area contributed by atoms with Crippen molar-refractivity contribution in [2.45, 2.75) is 94.2 Å². The molecule has 19 nitrogen and oxygen atoms in total. The third-order valence-corrected chi connectivity index (χ3v) is 7.80. The predicted molar refractivity (Wildman–Crippen MR) is 158 cm³/mol. The second kappa shape index (κ2) is 19.4. The molecule has 4 amide bonds. The van der Waals surface area contributed by atoms with E-state index < -0.39 is 79.3 Å². The lowest BCUT2D eigenvalue weighted by Crippen LogP contribution is -2.64. The predicted octanol–water partition coefficient (Wildman–Crippen LogP) is -5.39. The molecule has 0 aromatic carbocycles. The van der Waals surface area contributed by atoms with Gasteiger partial charge >= 0.3 is 0 Å². The van der Waals surface area contributed by atoms with E-state index in [9.17, 15) is 44.7 Å². The van der Waals surface area contributed by atoms with Crippen molar-refractivity contribution in [1.29, 1.82) is 0 Å². The van der Waals surface area contributed by atoms with E-state index in [0.29, 0.717) is 25.8 Å². The average Bonchev–Trinajstić information content (AvgIpc) is 3.03. The maximum Gasteiger partial charge on any atom is 0.234 e. The van der Waals surface area contributed by atoms with Gasteiger partial charge in [0.25, 0.3) is 0 Å². The first kappa shape index (κ1) is 38.9. The molecular formula is C28H49N5O14. The summed E-state index contributed by atoms with van der Waals surface area (Å²) in [5.41, 5.74) is 0. The van der Waals surface area contributed by atoms with Crippen molar-refractivity contribution >= 4 is 23.6 Å². The van der Waals surface area contributed by atoms with Crippen molar-refractivity contribution in [3.05, 3.63) is 0 Å². The zero-order chi connectivity index (χ0) is 34.5. The molecule has 47 heavy (non-hydrogen) atoms. The Morgan fingerprint density at radius 3 is 2.02 bits per heavy atom. The first-order chi connectivity index (χ1) is 22.4. The van der Waals surface area contributed by atoms with Gasteiger partial charge in [0.2, 0.25) is 23.6 Å². The SMILES string of the molecule is CNC(=O)CCCCCNC(=O)CN1CC(=O)NCCOC2OC(OC3C(OCCNC(=O)C1)OC(C)C(O)C3O)C(O)C(O)C2O. The number of hydrogen-bond donors (Lipinski definition) is 9. The Hall–Kier alpha value is -2.56. The van der Waals surface area contributed by atoms with Gasteiger partial charge in [-0.05, 0) is 19.8 Å². The molecule has 10 unspecified atom stereocenters. The zero-order valence-corrected chi connectivity index (χ0v) is 26.6. The molecule has 3 aliphatic heterocycles. The molecule has 10 atom stereocenters. The Balaban J connectivity index is 1.64. The lowest BCUT2D eigenvalue weighted by atomic mass is 9.99. The third-order valence-electron chi connectivity index (χ3n) is 7.80. The highest BCUT2D eigenvalue weighted by Gasteiger charge is 2.50. The number of aliphatic hydroxyl groups is 5. The monoisotopic (exact) mass is 679 g/mol. The van der Waals surface area contributed by atoms with E-state index in [0.717, 1.165) is 6.42 Å². The van der Waals surface area contributed by atoms with Crippen LogP contribution in [0.5, 0.6) is 0 Å². The van der Waals surface area contributed by atoms with E-state index in [4.69, 9.17) is 23.7 Å². The van der Waals surface area contributed by atoms with Gasteiger partial charge in [0, 0.05) is 33.1 Å². The topological polar surface area (TPSA) is 267 Å². The first-order valence-corrected chi connectivity index (χ1v) is 15.7. The fraction of sp³-hybridized carbons (Fsp3) is 0.857. The Morgan fingerprint density at radius 1 is 0.766 bits per heavy atom. The van der Waals surface area contributed by atoms with Crippen LogP contribution in [0.2, 0.25) is 0 Å². The average molecular weight is 680 g/mol. The van der Waals surface area contributed by atoms with E-state index in [1.807, 2.05) is 0 Å². The van der Waals surface area contributed by atoms with Crippen LogP contribution in [0, 0.1) is 0 Å². The maximum atomic E-state index is 12.7. The van der Waals surface area contributed by atoms with Crippen molar-refractivity contribution in [3.63, 3.8) is 0 Å². The number of amides is 4. The minimum absolute atomic E-state index is 0.0515. The summed E-state index contributed by atoms with van der Waals surface area (Å²) >= 11 is 0. The van der Waals surface area contributed by atoms with E-state index in [2.05, 4.69) is 21.3 Å². The van der Waals surface area contributed by atoms with Gasteiger partial charge in [-0.25, -0.2) is 0 Å². The number of rotatable bonds is 8. The number of hydrogen-bond acceptors (Lipinski definition) is 15. The highest BCUT2D eigenvalue weighted by molar-refractivity contribution is 5.84. The number of nitrogens with one attached hydrogen (secondary N) is 4. The van der Waals surface area contributed by atoms with Crippen LogP contribution in [0.25, 0.3) is 0 Å². The van der Waals surface area contributed by atoms with Crippen molar-refractivity contribution in [2.24, 2.45) is 0 Å². The molecule has 0 saturated carbocycles. The standard InChI is InChI=1S/C28H49N5O14/c1-15-20(38)22(40)25-28(45-15)44-11-9-32-19(37)14-33(12-17(35)30-7-5-3-4-6-16(34)29-2)13-18(36)31-8-10-43-26-23(41)21(39)24(42)27(46-25)47-26/h15,20-28,38-42H,3-14H2,1-2H3,(H,29,34)(H,30,35)(H,31,36)(H,32,37). The first-order valence-electron chi connectivity index (χ1n) is 15.7. The zero-order valence-electron chi connectivity index (χ0n) is 26.6. The molecule has 3 aliphatic rings. The molecule has 0 spiro atoms. The molecule has 0 aromatic rings. The number of unbranched alkanes of at least 4 members (excludes halogenated alkanes) is 2. The molecule has 9 N–H and O–H groups in total. The molecule has 0 aromatic heterocycles. The third kappa shape index (κ3) is 12.1. The second-order valence-electron chi connectivity index (χ2n) is 11.6. The van der Waals surface area contributed by atoms with Crippen LogP contribution in [-0.2, 0) is 42.9 Å². The van der Waals surface area contributed by atoms with Crippen LogP contribution in [-0.4, -0.2) is 175 Å². The molecule has 0 radical (unpaired) electrons. The Kier molecular flexibility index (Phi) is 16.1. The number of fused-ring (bicyclic) bond motifs is 3. The largest absolute Gasteiger partial charge is 0.388 e. The van der Waals surface area contributed by atoms with E-state index >= 15 is 0 Å². The highest BCUT2D eigenvalue weighted by atomic mass is 16.8. The van der Waals surface area contributed by atoms with Crippen molar-refractivity contribution < 1.29 is 68.4 Å². The number of nitrogens with zero attached hydrogens (tertiary/aromatic N) is 1. The van der Waals surface area contributed by atoms with Crippen LogP contribution in [0.15, 0.2) is 0 Å². The summed E-state index contributed by atoms with van der Waals surface area (Å²) < 4.78 is 28.1. The quantitative estimate of drug-likeness (QED) is 0.108. The molecule has 0 aliphatic carbocycles. The Labute approximate surface area is 272 Å². The summed E-state index contributed by atoms with van der Waals surface area (Å²) in [6.45, 7) is 0.439. The Morgan fingerprint density at radius 2 is 1.38 bits per heavy atom. The van der Waals surface area contributed by atoms with Crippen LogP contribution in [0.3, 0.4) is 0 Å². The van der Waals surface area contributed by atoms with Gasteiger partial charge < -0.3 is 70.5 Å². The van der Waals surface area contributed by atoms with E-state index in [-0.39, 0.29) is 51.8 Å². The van der Waals surface area contributed by atoms with Gasteiger partial charge in [-0.1, -0.05) is 6.42 Å². The van der Waals surface area contributed by atoms with E-state index in [1.165, 1.54) is 11.8 Å². The number of aliphatic hydroxyl groups excluding tert-OH is 5. The molecule has 2 bridgehead atoms. The summed E-state index contributed by atoms with van der Waals surface area (Å²) in [7, 11) is 1.57. The smallest absolute Gasteiger partial charge is 0.234 e. The lowest BCUT2D eigenvalue weighted by molar-refractivity contribution is -0.387. The maximum absolute atomic E-state index is 12.7. The highest BCUT2D eigenvalue weighted by Crippen LogP contribution is 2.29. The number of ether oxygens (including phenoxy) is 5. The van der Waals surface area contributed by atoms with Gasteiger partial charge in [-0.15, -0.1) is 0 Å². The summed E-state index contributed by atoms with van der Waals surface area (Å²) in [5.74, 6) is -1.51. The van der Waals surface area contributed by atoms with Gasteiger partial charge in [0.1, 0.15) is 36.6 Å². The molecule has 3 fully saturated rings. The molecule has 3 rings (SSSR count). The molecular weight excluding hydrogens is 630 g/mol. The van der Waals surface area contributed by atoms with Gasteiger partial charge in [0.05, 0.1) is 39.0 Å². The summed E-state index contributed by atoms with van der Waals surface area (Å²) in [6, 6.07) is 0. The van der Waals surface area contributed by atoms with Gasteiger partial charge in [0.15, 0.2) is 18.9 Å². The molecule has 19 heteroatoms. The van der Waals surface area contributed by atoms with E-state index in [1.54, 1.807) is 7.05 Å².